The van der Waals surface area contributed by atoms with E-state index in [1.54, 1.807) is 18.4 Å². The summed E-state index contributed by atoms with van der Waals surface area (Å²) in [5.74, 6) is 1.60. The molecule has 4 N–H and O–H groups in total. The quantitative estimate of drug-likeness (QED) is 0.760. The topological polar surface area (TPSA) is 106 Å². The second-order valence-corrected chi connectivity index (χ2v) is 5.34. The second-order valence-electron chi connectivity index (χ2n) is 5.34. The van der Waals surface area contributed by atoms with Crippen LogP contribution in [0.2, 0.25) is 0 Å². The maximum atomic E-state index is 11.9. The van der Waals surface area contributed by atoms with Gasteiger partial charge in [-0.05, 0) is 25.8 Å². The Balaban J connectivity index is 1.93. The Morgan fingerprint density at radius 3 is 2.73 bits per heavy atom. The average molecular weight is 306 g/mol. The van der Waals surface area contributed by atoms with Crippen LogP contribution in [0.3, 0.4) is 0 Å². The lowest BCUT2D eigenvalue weighted by Gasteiger charge is -2.26. The van der Waals surface area contributed by atoms with E-state index < -0.39 is 0 Å². The molecule has 0 radical (unpaired) electrons. The van der Waals surface area contributed by atoms with Crippen molar-refractivity contribution in [1.82, 2.24) is 10.5 Å². The van der Waals surface area contributed by atoms with Crippen molar-refractivity contribution in [3.8, 4) is 11.3 Å². The van der Waals surface area contributed by atoms with Crippen molar-refractivity contribution in [2.75, 3.05) is 11.9 Å². The largest absolute Gasteiger partial charge is 0.469 e. The SMILES string of the molecule is CCC(N)(CC)CNC(=O)Nc1cc(-c2ccoc2C)on1. The number of aromatic nitrogens is 1. The molecule has 0 aliphatic carbocycles. The fraction of sp³-hybridized carbons (Fsp3) is 0.467. The summed E-state index contributed by atoms with van der Waals surface area (Å²) in [6.07, 6.45) is 3.15. The number of urea groups is 1. The van der Waals surface area contributed by atoms with Gasteiger partial charge in [0, 0.05) is 18.2 Å². The van der Waals surface area contributed by atoms with Crippen LogP contribution in [0.1, 0.15) is 32.4 Å². The molecule has 22 heavy (non-hydrogen) atoms. The molecule has 2 heterocycles. The van der Waals surface area contributed by atoms with Gasteiger partial charge in [0.15, 0.2) is 11.6 Å². The molecule has 0 spiro atoms. The van der Waals surface area contributed by atoms with Crippen LogP contribution in [0.25, 0.3) is 11.3 Å². The summed E-state index contributed by atoms with van der Waals surface area (Å²) in [5.41, 5.74) is 6.55. The standard InChI is InChI=1S/C15H22N4O3/c1-4-15(16,5-2)9-17-14(20)18-13-8-12(22-19-13)11-6-7-21-10(11)3/h6-8H,4-5,9,16H2,1-3H3,(H2,17,18,19,20). The molecular weight excluding hydrogens is 284 g/mol. The molecule has 2 aromatic rings. The maximum Gasteiger partial charge on any atom is 0.320 e. The average Bonchev–Trinajstić information content (AvgIpc) is 3.13. The van der Waals surface area contributed by atoms with Gasteiger partial charge in [-0.25, -0.2) is 4.79 Å². The normalized spacial score (nSPS) is 11.5. The third-order valence-corrected chi connectivity index (χ3v) is 3.89. The summed E-state index contributed by atoms with van der Waals surface area (Å²) >= 11 is 0. The molecule has 2 aromatic heterocycles. The van der Waals surface area contributed by atoms with Crippen molar-refractivity contribution in [2.24, 2.45) is 5.73 Å². The number of hydrogen-bond acceptors (Lipinski definition) is 5. The molecule has 0 aliphatic heterocycles. The molecule has 2 amide bonds. The highest BCUT2D eigenvalue weighted by molar-refractivity contribution is 5.88. The van der Waals surface area contributed by atoms with E-state index in [0.29, 0.717) is 18.1 Å². The Morgan fingerprint density at radius 2 is 2.14 bits per heavy atom. The lowest BCUT2D eigenvalue weighted by atomic mass is 9.94. The monoisotopic (exact) mass is 306 g/mol. The van der Waals surface area contributed by atoms with E-state index in [1.165, 1.54) is 0 Å². The highest BCUT2D eigenvalue weighted by Gasteiger charge is 2.21. The molecule has 0 aromatic carbocycles. The van der Waals surface area contributed by atoms with E-state index in [9.17, 15) is 4.79 Å². The van der Waals surface area contributed by atoms with Gasteiger partial charge in [0.25, 0.3) is 0 Å². The van der Waals surface area contributed by atoms with Crippen molar-refractivity contribution < 1.29 is 13.7 Å². The summed E-state index contributed by atoms with van der Waals surface area (Å²) in [7, 11) is 0. The molecule has 0 unspecified atom stereocenters. The number of carbonyl (C=O) groups excluding carboxylic acids is 1. The van der Waals surface area contributed by atoms with Gasteiger partial charge in [0.2, 0.25) is 0 Å². The molecule has 0 atom stereocenters. The summed E-state index contributed by atoms with van der Waals surface area (Å²) < 4.78 is 10.4. The van der Waals surface area contributed by atoms with E-state index >= 15 is 0 Å². The Bertz CT molecular complexity index is 628. The fourth-order valence-electron chi connectivity index (χ4n) is 2.02. The van der Waals surface area contributed by atoms with Gasteiger partial charge in [-0.1, -0.05) is 19.0 Å². The third-order valence-electron chi connectivity index (χ3n) is 3.89. The first-order valence-electron chi connectivity index (χ1n) is 7.32. The molecule has 7 heteroatoms. The number of nitrogens with two attached hydrogens (primary N) is 1. The Labute approximate surface area is 129 Å². The molecule has 120 valence electrons. The van der Waals surface area contributed by atoms with Crippen molar-refractivity contribution in [3.05, 3.63) is 24.2 Å². The van der Waals surface area contributed by atoms with Gasteiger partial charge in [-0.2, -0.15) is 0 Å². The zero-order chi connectivity index (χ0) is 16.2. The number of anilines is 1. The Kier molecular flexibility index (Phi) is 4.87. The smallest absolute Gasteiger partial charge is 0.320 e. The molecule has 0 aliphatic rings. The van der Waals surface area contributed by atoms with Crippen LogP contribution in [0.15, 0.2) is 27.3 Å². The molecule has 2 rings (SSSR count). The van der Waals surface area contributed by atoms with Gasteiger partial charge in [-0.3, -0.25) is 5.32 Å². The van der Waals surface area contributed by atoms with E-state index in [4.69, 9.17) is 14.7 Å². The van der Waals surface area contributed by atoms with E-state index in [0.717, 1.165) is 24.2 Å². The van der Waals surface area contributed by atoms with Gasteiger partial charge < -0.3 is 20.0 Å². The van der Waals surface area contributed by atoms with Crippen LogP contribution < -0.4 is 16.4 Å². The van der Waals surface area contributed by atoms with Crippen molar-refractivity contribution in [2.45, 2.75) is 39.2 Å². The maximum absolute atomic E-state index is 11.9. The van der Waals surface area contributed by atoms with Crippen molar-refractivity contribution >= 4 is 11.8 Å². The van der Waals surface area contributed by atoms with E-state index in [1.807, 2.05) is 20.8 Å². The van der Waals surface area contributed by atoms with Crippen molar-refractivity contribution in [3.63, 3.8) is 0 Å². The van der Waals surface area contributed by atoms with Gasteiger partial charge in [-0.15, -0.1) is 0 Å². The number of amides is 2. The molecule has 0 fully saturated rings. The number of furan rings is 1. The molecule has 0 bridgehead atoms. The first-order valence-corrected chi connectivity index (χ1v) is 7.32. The lowest BCUT2D eigenvalue weighted by molar-refractivity contribution is 0.247. The van der Waals surface area contributed by atoms with Crippen LogP contribution >= 0.6 is 0 Å². The Morgan fingerprint density at radius 1 is 1.41 bits per heavy atom. The summed E-state index contributed by atoms with van der Waals surface area (Å²) in [6.45, 7) is 6.23. The number of hydrogen-bond donors (Lipinski definition) is 3. The fourth-order valence-corrected chi connectivity index (χ4v) is 2.02. The highest BCUT2D eigenvalue weighted by Crippen LogP contribution is 2.26. The predicted octanol–water partition coefficient (Wildman–Crippen LogP) is 2.88. The van der Waals surface area contributed by atoms with Gasteiger partial charge in [0.1, 0.15) is 5.76 Å². The van der Waals surface area contributed by atoms with E-state index in [-0.39, 0.29) is 11.6 Å². The van der Waals surface area contributed by atoms with E-state index in [2.05, 4.69) is 15.8 Å². The second kappa shape index (κ2) is 6.65. The van der Waals surface area contributed by atoms with Crippen LogP contribution in [0.4, 0.5) is 10.6 Å². The molecular formula is C15H22N4O3. The summed E-state index contributed by atoms with van der Waals surface area (Å²) in [4.78, 5) is 11.9. The summed E-state index contributed by atoms with van der Waals surface area (Å²) in [5, 5.41) is 9.20. The summed E-state index contributed by atoms with van der Waals surface area (Å²) in [6, 6.07) is 3.07. The number of rotatable bonds is 6. The molecule has 0 saturated heterocycles. The third kappa shape index (κ3) is 3.67. The number of aryl methyl sites for hydroxylation is 1. The number of carbonyl (C=O) groups is 1. The molecule has 7 nitrogen and oxygen atoms in total. The minimum atomic E-state index is -0.389. The Hall–Kier alpha value is -2.28. The molecule has 0 saturated carbocycles. The zero-order valence-electron chi connectivity index (χ0n) is 13.1. The van der Waals surface area contributed by atoms with Crippen LogP contribution in [-0.4, -0.2) is 23.3 Å². The zero-order valence-corrected chi connectivity index (χ0v) is 13.1. The first-order chi connectivity index (χ1) is 10.5. The highest BCUT2D eigenvalue weighted by atomic mass is 16.5. The lowest BCUT2D eigenvalue weighted by Crippen LogP contribution is -2.50. The van der Waals surface area contributed by atoms with Gasteiger partial charge >= 0.3 is 6.03 Å². The van der Waals surface area contributed by atoms with Crippen LogP contribution in [0, 0.1) is 6.92 Å². The van der Waals surface area contributed by atoms with Crippen LogP contribution in [-0.2, 0) is 0 Å². The first kappa shape index (κ1) is 16.1. The minimum absolute atomic E-state index is 0.337. The predicted molar refractivity (Wildman–Crippen MR) is 83.5 cm³/mol. The van der Waals surface area contributed by atoms with Crippen LogP contribution in [0.5, 0.6) is 0 Å². The minimum Gasteiger partial charge on any atom is -0.469 e. The number of nitrogens with zero attached hydrogens (tertiary/aromatic N) is 1. The number of nitrogens with one attached hydrogen (secondary N) is 2. The van der Waals surface area contributed by atoms with Crippen molar-refractivity contribution in [1.29, 1.82) is 0 Å². The van der Waals surface area contributed by atoms with Gasteiger partial charge in [0.05, 0.1) is 11.8 Å².